The van der Waals surface area contributed by atoms with Gasteiger partial charge in [-0.25, -0.2) is 0 Å². The summed E-state index contributed by atoms with van der Waals surface area (Å²) in [5.41, 5.74) is 1.03. The lowest BCUT2D eigenvalue weighted by atomic mass is 10.2. The number of rotatable bonds is 15. The van der Waals surface area contributed by atoms with E-state index in [-0.39, 0.29) is 0 Å². The largest absolute Gasteiger partial charge is 0.494 e. The molecule has 7 heteroatoms. The summed E-state index contributed by atoms with van der Waals surface area (Å²) in [7, 11) is 4.15. The Morgan fingerprint density at radius 3 is 2.40 bits per heavy atom. The number of para-hydroxylation sites is 1. The maximum absolute atomic E-state index is 5.88. The summed E-state index contributed by atoms with van der Waals surface area (Å²) in [6, 6.07) is 18.0. The van der Waals surface area contributed by atoms with Gasteiger partial charge in [-0.15, -0.1) is 10.2 Å². The second-order valence-corrected chi connectivity index (χ2v) is 9.35. The van der Waals surface area contributed by atoms with Crippen LogP contribution in [0.2, 0.25) is 0 Å². The van der Waals surface area contributed by atoms with Crippen molar-refractivity contribution in [1.29, 1.82) is 0 Å². The Hall–Kier alpha value is -3.03. The molecule has 0 bridgehead atoms. The van der Waals surface area contributed by atoms with Crippen molar-refractivity contribution in [3.8, 4) is 22.9 Å². The first-order valence-corrected chi connectivity index (χ1v) is 13.2. The average Bonchev–Trinajstić information content (AvgIpc) is 3.27. The fourth-order valence-corrected chi connectivity index (χ4v) is 4.11. The average molecular weight is 493 g/mol. The van der Waals surface area contributed by atoms with Crippen molar-refractivity contribution in [3.05, 3.63) is 84.7 Å². The summed E-state index contributed by atoms with van der Waals surface area (Å²) in [6.07, 6.45) is 9.23. The lowest BCUT2D eigenvalue weighted by Crippen LogP contribution is -2.15. The van der Waals surface area contributed by atoms with Crippen LogP contribution in [0.5, 0.6) is 11.5 Å². The fraction of sp³-hybridized carbons (Fsp3) is 0.357. The highest BCUT2D eigenvalue weighted by Crippen LogP contribution is 2.24. The first-order valence-electron chi connectivity index (χ1n) is 12.0. The molecule has 0 aliphatic rings. The van der Waals surface area contributed by atoms with Crippen molar-refractivity contribution in [2.24, 2.45) is 0 Å². The van der Waals surface area contributed by atoms with Crippen LogP contribution >= 0.6 is 11.8 Å². The van der Waals surface area contributed by atoms with E-state index >= 15 is 0 Å². The summed E-state index contributed by atoms with van der Waals surface area (Å²) >= 11 is 1.80. The normalized spacial score (nSPS) is 11.7. The van der Waals surface area contributed by atoms with Gasteiger partial charge in [-0.3, -0.25) is 0 Å². The SMILES string of the molecule is C/C=C\C=C/Cn1c(CSCCOc2ccccc2)nnc1-c1ccc(OCCCN(C)C)cc1. The number of benzene rings is 2. The highest BCUT2D eigenvalue weighted by molar-refractivity contribution is 7.98. The second kappa shape index (κ2) is 15.1. The molecule has 0 aliphatic heterocycles. The van der Waals surface area contributed by atoms with E-state index < -0.39 is 0 Å². The second-order valence-electron chi connectivity index (χ2n) is 8.25. The minimum atomic E-state index is 0.660. The molecule has 35 heavy (non-hydrogen) atoms. The Bertz CT molecular complexity index is 1050. The zero-order valence-corrected chi connectivity index (χ0v) is 21.8. The van der Waals surface area contributed by atoms with Gasteiger partial charge in [0.1, 0.15) is 17.3 Å². The van der Waals surface area contributed by atoms with Gasteiger partial charge in [0.2, 0.25) is 0 Å². The molecule has 186 valence electrons. The number of hydrogen-bond acceptors (Lipinski definition) is 6. The minimum Gasteiger partial charge on any atom is -0.494 e. The predicted molar refractivity (Wildman–Crippen MR) is 146 cm³/mol. The number of nitrogens with zero attached hydrogens (tertiary/aromatic N) is 4. The van der Waals surface area contributed by atoms with E-state index in [9.17, 15) is 0 Å². The zero-order chi connectivity index (χ0) is 24.7. The van der Waals surface area contributed by atoms with Crippen molar-refractivity contribution in [3.63, 3.8) is 0 Å². The van der Waals surface area contributed by atoms with Crippen LogP contribution in [-0.4, -0.2) is 59.3 Å². The molecule has 0 aliphatic carbocycles. The van der Waals surface area contributed by atoms with Gasteiger partial charge >= 0.3 is 0 Å². The molecule has 0 fully saturated rings. The van der Waals surface area contributed by atoms with Crippen molar-refractivity contribution < 1.29 is 9.47 Å². The summed E-state index contributed by atoms with van der Waals surface area (Å²) in [4.78, 5) is 2.16. The van der Waals surface area contributed by atoms with E-state index in [2.05, 4.69) is 58.0 Å². The van der Waals surface area contributed by atoms with Gasteiger partial charge in [-0.2, -0.15) is 11.8 Å². The predicted octanol–water partition coefficient (Wildman–Crippen LogP) is 5.72. The lowest BCUT2D eigenvalue weighted by Gasteiger charge is -2.11. The number of thioether (sulfide) groups is 1. The van der Waals surface area contributed by atoms with Crippen molar-refractivity contribution in [2.75, 3.05) is 39.6 Å². The number of allylic oxidation sites excluding steroid dienone is 4. The van der Waals surface area contributed by atoms with E-state index in [1.807, 2.05) is 61.5 Å². The minimum absolute atomic E-state index is 0.660. The Morgan fingerprint density at radius 1 is 0.914 bits per heavy atom. The van der Waals surface area contributed by atoms with Gasteiger partial charge in [-0.05, 0) is 63.8 Å². The molecule has 2 aromatic carbocycles. The van der Waals surface area contributed by atoms with Gasteiger partial charge in [0.15, 0.2) is 5.82 Å². The summed E-state index contributed by atoms with van der Waals surface area (Å²) in [5, 5.41) is 9.04. The van der Waals surface area contributed by atoms with E-state index in [0.717, 1.165) is 53.2 Å². The Kier molecular flexibility index (Phi) is 11.4. The van der Waals surface area contributed by atoms with Crippen LogP contribution in [0.3, 0.4) is 0 Å². The fourth-order valence-electron chi connectivity index (χ4n) is 3.37. The topological polar surface area (TPSA) is 52.4 Å². The molecule has 3 aromatic rings. The van der Waals surface area contributed by atoms with Gasteiger partial charge in [0.05, 0.1) is 19.0 Å². The van der Waals surface area contributed by atoms with Gasteiger partial charge < -0.3 is 18.9 Å². The molecular formula is C28H36N4O2S. The Labute approximate surface area is 213 Å². The van der Waals surface area contributed by atoms with Gasteiger partial charge in [0.25, 0.3) is 0 Å². The molecule has 0 saturated carbocycles. The molecule has 0 unspecified atom stereocenters. The lowest BCUT2D eigenvalue weighted by molar-refractivity contribution is 0.281. The van der Waals surface area contributed by atoms with Crippen molar-refractivity contribution in [2.45, 2.75) is 25.6 Å². The maximum Gasteiger partial charge on any atom is 0.164 e. The van der Waals surface area contributed by atoms with E-state index in [1.165, 1.54) is 0 Å². The quantitative estimate of drug-likeness (QED) is 0.200. The van der Waals surface area contributed by atoms with E-state index in [4.69, 9.17) is 9.47 Å². The smallest absolute Gasteiger partial charge is 0.164 e. The first-order chi connectivity index (χ1) is 17.2. The molecule has 1 aromatic heterocycles. The summed E-state index contributed by atoms with van der Waals surface area (Å²) < 4.78 is 13.9. The molecule has 0 amide bonds. The van der Waals surface area contributed by atoms with E-state index in [0.29, 0.717) is 19.8 Å². The molecule has 0 radical (unpaired) electrons. The zero-order valence-electron chi connectivity index (χ0n) is 21.0. The van der Waals surface area contributed by atoms with Crippen LogP contribution in [0.1, 0.15) is 19.2 Å². The molecule has 0 spiro atoms. The number of aromatic nitrogens is 3. The molecule has 6 nitrogen and oxygen atoms in total. The maximum atomic E-state index is 5.88. The monoisotopic (exact) mass is 492 g/mol. The summed E-state index contributed by atoms with van der Waals surface area (Å²) in [5.74, 6) is 5.25. The van der Waals surface area contributed by atoms with Crippen LogP contribution in [-0.2, 0) is 12.3 Å². The van der Waals surface area contributed by atoms with Gasteiger partial charge in [-0.1, -0.05) is 42.5 Å². The van der Waals surface area contributed by atoms with Crippen LogP contribution in [0.15, 0.2) is 78.9 Å². The van der Waals surface area contributed by atoms with E-state index in [1.54, 1.807) is 11.8 Å². The molecular weight excluding hydrogens is 456 g/mol. The van der Waals surface area contributed by atoms with Crippen LogP contribution < -0.4 is 9.47 Å². The Balaban J connectivity index is 1.61. The van der Waals surface area contributed by atoms with Crippen molar-refractivity contribution >= 4 is 11.8 Å². The van der Waals surface area contributed by atoms with Crippen LogP contribution in [0, 0.1) is 0 Å². The molecule has 0 saturated heterocycles. The molecule has 0 N–H and O–H groups in total. The van der Waals surface area contributed by atoms with Gasteiger partial charge in [0, 0.05) is 24.4 Å². The number of hydrogen-bond donors (Lipinski definition) is 0. The highest BCUT2D eigenvalue weighted by atomic mass is 32.2. The first kappa shape index (κ1) is 26.6. The standard InChI is InChI=1S/C28H36N4O2S/c1-4-5-6-10-19-32-27(23-35-22-21-34-25-12-8-7-9-13-25)29-30-28(32)24-14-16-26(17-15-24)33-20-11-18-31(2)3/h4-10,12-17H,11,18-23H2,1-3H3/b5-4-,10-6-. The Morgan fingerprint density at radius 2 is 1.66 bits per heavy atom. The third-order valence-electron chi connectivity index (χ3n) is 5.16. The third-order valence-corrected chi connectivity index (χ3v) is 6.07. The van der Waals surface area contributed by atoms with Crippen LogP contribution in [0.4, 0.5) is 0 Å². The number of ether oxygens (including phenoxy) is 2. The molecule has 3 rings (SSSR count). The third kappa shape index (κ3) is 9.26. The van der Waals surface area contributed by atoms with Crippen LogP contribution in [0.25, 0.3) is 11.4 Å². The molecule has 1 heterocycles. The highest BCUT2D eigenvalue weighted by Gasteiger charge is 2.13. The summed E-state index contributed by atoms with van der Waals surface area (Å²) in [6.45, 7) is 5.11. The molecule has 0 atom stereocenters. The van der Waals surface area contributed by atoms with Crippen molar-refractivity contribution in [1.82, 2.24) is 19.7 Å².